The minimum Gasteiger partial charge on any atom is -0.389 e. The van der Waals surface area contributed by atoms with Gasteiger partial charge in [-0.15, -0.1) is 0 Å². The van der Waals surface area contributed by atoms with Crippen LogP contribution < -0.4 is 10.6 Å². The van der Waals surface area contributed by atoms with Gasteiger partial charge in [-0.2, -0.15) is 10.1 Å². The molecule has 25 heavy (non-hydrogen) atoms. The van der Waals surface area contributed by atoms with Gasteiger partial charge in [0.15, 0.2) is 5.15 Å². The lowest BCUT2D eigenvalue weighted by molar-refractivity contribution is 0.0176. The van der Waals surface area contributed by atoms with E-state index in [1.165, 1.54) is 10.9 Å². The second-order valence-corrected chi connectivity index (χ2v) is 6.68. The van der Waals surface area contributed by atoms with Crippen LogP contribution in [0.4, 0.5) is 26.2 Å². The highest BCUT2D eigenvalue weighted by atomic mass is 35.5. The Morgan fingerprint density at radius 3 is 2.52 bits per heavy atom. The van der Waals surface area contributed by atoms with Gasteiger partial charge in [0.25, 0.3) is 5.92 Å². The van der Waals surface area contributed by atoms with Gasteiger partial charge < -0.3 is 15.7 Å². The first-order valence-electron chi connectivity index (χ1n) is 7.71. The van der Waals surface area contributed by atoms with Crippen molar-refractivity contribution in [1.82, 2.24) is 19.7 Å². The number of nitrogens with one attached hydrogen (secondary N) is 2. The second-order valence-electron chi connectivity index (χ2n) is 6.32. The average Bonchev–Trinajstić information content (AvgIpc) is 2.78. The fourth-order valence-electron chi connectivity index (χ4n) is 2.12. The number of nitrogens with zero attached hydrogens (tertiary/aromatic N) is 4. The van der Waals surface area contributed by atoms with Crippen LogP contribution in [0.5, 0.6) is 0 Å². The van der Waals surface area contributed by atoms with E-state index in [-0.39, 0.29) is 29.0 Å². The molecule has 0 fully saturated rings. The molecule has 0 bridgehead atoms. The molecule has 0 radical (unpaired) electrons. The largest absolute Gasteiger partial charge is 0.389 e. The Morgan fingerprint density at radius 1 is 1.28 bits per heavy atom. The zero-order valence-corrected chi connectivity index (χ0v) is 15.2. The van der Waals surface area contributed by atoms with E-state index in [1.54, 1.807) is 20.8 Å². The Kier molecular flexibility index (Phi) is 5.48. The minimum absolute atomic E-state index is 0.0486. The number of aliphatic hydroxyl groups is 1. The van der Waals surface area contributed by atoms with Crippen LogP contribution in [0.15, 0.2) is 12.4 Å². The lowest BCUT2D eigenvalue weighted by Gasteiger charge is -2.17. The van der Waals surface area contributed by atoms with Gasteiger partial charge in [-0.05, 0) is 20.8 Å². The van der Waals surface area contributed by atoms with Crippen molar-refractivity contribution in [2.75, 3.05) is 17.2 Å². The standard InChI is InChI=1S/C15H21ClF2N6O/c1-5-19-12-9(15(4,17)18)6-20-13(23-12)22-10-7-21-24(11(10)16)8-14(2,3)25/h6-7,25H,5,8H2,1-4H3,(H2,19,20,22,23). The maximum atomic E-state index is 13.6. The van der Waals surface area contributed by atoms with Crippen LogP contribution in [0.3, 0.4) is 0 Å². The molecule has 0 saturated heterocycles. The summed E-state index contributed by atoms with van der Waals surface area (Å²) in [6, 6.07) is 0. The van der Waals surface area contributed by atoms with Crippen molar-refractivity contribution in [3.63, 3.8) is 0 Å². The average molecular weight is 375 g/mol. The summed E-state index contributed by atoms with van der Waals surface area (Å²) in [7, 11) is 0. The molecule has 7 nitrogen and oxygen atoms in total. The van der Waals surface area contributed by atoms with Crippen molar-refractivity contribution in [2.45, 2.75) is 45.8 Å². The molecule has 10 heteroatoms. The van der Waals surface area contributed by atoms with Crippen LogP contribution >= 0.6 is 11.6 Å². The zero-order chi connectivity index (χ0) is 18.8. The third-order valence-electron chi connectivity index (χ3n) is 3.16. The molecule has 138 valence electrons. The summed E-state index contributed by atoms with van der Waals surface area (Å²) in [6.45, 7) is 6.46. The van der Waals surface area contributed by atoms with Crippen molar-refractivity contribution in [2.24, 2.45) is 0 Å². The van der Waals surface area contributed by atoms with Gasteiger partial charge in [0.2, 0.25) is 5.95 Å². The molecule has 0 unspecified atom stereocenters. The molecule has 2 heterocycles. The number of halogens is 3. The van der Waals surface area contributed by atoms with Gasteiger partial charge in [-0.3, -0.25) is 0 Å². The van der Waals surface area contributed by atoms with E-state index in [1.807, 2.05) is 0 Å². The topological polar surface area (TPSA) is 87.9 Å². The van der Waals surface area contributed by atoms with E-state index in [0.717, 1.165) is 13.1 Å². The molecule has 0 aliphatic rings. The molecule has 2 rings (SSSR count). The fourth-order valence-corrected chi connectivity index (χ4v) is 2.32. The lowest BCUT2D eigenvalue weighted by Crippen LogP contribution is -2.26. The van der Waals surface area contributed by atoms with Crippen molar-refractivity contribution in [1.29, 1.82) is 0 Å². The maximum absolute atomic E-state index is 13.6. The first-order valence-corrected chi connectivity index (χ1v) is 8.09. The highest BCUT2D eigenvalue weighted by molar-refractivity contribution is 6.32. The normalized spacial score (nSPS) is 12.3. The summed E-state index contributed by atoms with van der Waals surface area (Å²) >= 11 is 6.22. The van der Waals surface area contributed by atoms with Crippen molar-refractivity contribution in [3.8, 4) is 0 Å². The summed E-state index contributed by atoms with van der Waals surface area (Å²) in [5.74, 6) is -2.91. The molecule has 3 N–H and O–H groups in total. The molecule has 2 aromatic heterocycles. The van der Waals surface area contributed by atoms with Gasteiger partial charge in [0.1, 0.15) is 5.82 Å². The zero-order valence-electron chi connectivity index (χ0n) is 14.4. The van der Waals surface area contributed by atoms with Crippen LogP contribution in [0.25, 0.3) is 0 Å². The molecule has 0 aliphatic heterocycles. The summed E-state index contributed by atoms with van der Waals surface area (Å²) in [5, 5.41) is 19.8. The number of aromatic nitrogens is 4. The summed E-state index contributed by atoms with van der Waals surface area (Å²) in [4.78, 5) is 8.01. The van der Waals surface area contributed by atoms with Crippen LogP contribution in [0, 0.1) is 0 Å². The van der Waals surface area contributed by atoms with Crippen molar-refractivity contribution >= 4 is 29.1 Å². The van der Waals surface area contributed by atoms with E-state index in [9.17, 15) is 13.9 Å². The first kappa shape index (κ1) is 19.3. The highest BCUT2D eigenvalue weighted by Gasteiger charge is 2.29. The van der Waals surface area contributed by atoms with E-state index in [4.69, 9.17) is 11.6 Å². The number of anilines is 3. The predicted octanol–water partition coefficient (Wildman–Crippen LogP) is 3.38. The van der Waals surface area contributed by atoms with E-state index in [2.05, 4.69) is 25.7 Å². The van der Waals surface area contributed by atoms with E-state index in [0.29, 0.717) is 12.2 Å². The smallest absolute Gasteiger partial charge is 0.275 e. The summed E-state index contributed by atoms with van der Waals surface area (Å²) < 4.78 is 28.7. The maximum Gasteiger partial charge on any atom is 0.275 e. The van der Waals surface area contributed by atoms with Crippen LogP contribution in [-0.4, -0.2) is 37.0 Å². The molecule has 0 amide bonds. The monoisotopic (exact) mass is 374 g/mol. The highest BCUT2D eigenvalue weighted by Crippen LogP contribution is 2.32. The minimum atomic E-state index is -3.06. The Morgan fingerprint density at radius 2 is 1.96 bits per heavy atom. The van der Waals surface area contributed by atoms with Gasteiger partial charge in [-0.25, -0.2) is 18.4 Å². The summed E-state index contributed by atoms with van der Waals surface area (Å²) in [5.41, 5.74) is -0.871. The molecule has 0 spiro atoms. The van der Waals surface area contributed by atoms with Crippen molar-refractivity contribution in [3.05, 3.63) is 23.1 Å². The van der Waals surface area contributed by atoms with Gasteiger partial charge in [-0.1, -0.05) is 11.6 Å². The number of rotatable bonds is 7. The molecular formula is C15H21ClF2N6O. The molecule has 2 aromatic rings. The third-order valence-corrected chi connectivity index (χ3v) is 3.56. The number of hydrogen-bond donors (Lipinski definition) is 3. The van der Waals surface area contributed by atoms with Gasteiger partial charge >= 0.3 is 0 Å². The van der Waals surface area contributed by atoms with Crippen LogP contribution in [0.1, 0.15) is 33.3 Å². The predicted molar refractivity (Wildman–Crippen MR) is 92.6 cm³/mol. The molecule has 0 atom stereocenters. The molecule has 0 aromatic carbocycles. The van der Waals surface area contributed by atoms with Crippen LogP contribution in [0.2, 0.25) is 5.15 Å². The Balaban J connectivity index is 2.28. The molecular weight excluding hydrogens is 354 g/mol. The van der Waals surface area contributed by atoms with Crippen LogP contribution in [-0.2, 0) is 12.5 Å². The Labute approximate surface area is 149 Å². The summed E-state index contributed by atoms with van der Waals surface area (Å²) in [6.07, 6.45) is 2.52. The number of alkyl halides is 2. The third kappa shape index (κ3) is 4.99. The fraction of sp³-hybridized carbons (Fsp3) is 0.533. The van der Waals surface area contributed by atoms with Gasteiger partial charge in [0, 0.05) is 19.7 Å². The van der Waals surface area contributed by atoms with Gasteiger partial charge in [0.05, 0.1) is 29.6 Å². The Hall–Kier alpha value is -2.00. The van der Waals surface area contributed by atoms with E-state index >= 15 is 0 Å². The lowest BCUT2D eigenvalue weighted by atomic mass is 10.1. The number of hydrogen-bond acceptors (Lipinski definition) is 6. The molecule has 0 saturated carbocycles. The first-order chi connectivity index (χ1) is 11.5. The second kappa shape index (κ2) is 7.09. The van der Waals surface area contributed by atoms with Crippen molar-refractivity contribution < 1.29 is 13.9 Å². The quantitative estimate of drug-likeness (QED) is 0.688. The Bertz CT molecular complexity index is 739. The van der Waals surface area contributed by atoms with E-state index < -0.39 is 11.5 Å². The SMILES string of the molecule is CCNc1nc(Nc2cnn(CC(C)(C)O)c2Cl)ncc1C(C)(F)F. The molecule has 0 aliphatic carbocycles.